The van der Waals surface area contributed by atoms with E-state index in [-0.39, 0.29) is 11.7 Å². The van der Waals surface area contributed by atoms with Crippen molar-refractivity contribution in [3.05, 3.63) is 47.9 Å². The first kappa shape index (κ1) is 18.7. The molecule has 0 atom stereocenters. The second kappa shape index (κ2) is 8.15. The maximum atomic E-state index is 12.3. The quantitative estimate of drug-likeness (QED) is 0.660. The average molecular weight is 398 g/mol. The number of carbonyl (C=O) groups is 1. The molecule has 1 aromatic carbocycles. The number of nitrogens with one attached hydrogen (secondary N) is 1. The Morgan fingerprint density at radius 1 is 1.21 bits per heavy atom. The molecule has 28 heavy (non-hydrogen) atoms. The van der Waals surface area contributed by atoms with Crippen molar-refractivity contribution >= 4 is 17.7 Å². The number of rotatable bonds is 5. The molecule has 0 bridgehead atoms. The van der Waals surface area contributed by atoms with Crippen LogP contribution in [0.3, 0.4) is 0 Å². The van der Waals surface area contributed by atoms with Gasteiger partial charge in [0.05, 0.1) is 5.69 Å². The predicted molar refractivity (Wildman–Crippen MR) is 106 cm³/mol. The molecule has 1 N–H and O–H groups in total. The molecule has 0 saturated carbocycles. The summed E-state index contributed by atoms with van der Waals surface area (Å²) in [5, 5.41) is 6.37. The number of hydrogen-bond acceptors (Lipinski definition) is 7. The molecule has 1 saturated heterocycles. The van der Waals surface area contributed by atoms with E-state index in [0.717, 1.165) is 30.1 Å². The number of thioether (sulfide) groups is 1. The van der Waals surface area contributed by atoms with E-state index >= 15 is 0 Å². The van der Waals surface area contributed by atoms with Gasteiger partial charge >= 0.3 is 0 Å². The predicted octanol–water partition coefficient (Wildman–Crippen LogP) is 2.45. The molecular formula is C19H22N6O2S. The first-order valence-electron chi connectivity index (χ1n) is 9.12. The van der Waals surface area contributed by atoms with Crippen LogP contribution in [0.5, 0.6) is 0 Å². The first-order chi connectivity index (χ1) is 13.6. The third-order valence-electron chi connectivity index (χ3n) is 4.88. The smallest absolute Gasteiger partial charge is 0.291 e. The molecule has 9 heteroatoms. The minimum Gasteiger partial charge on any atom is -0.441 e. The largest absolute Gasteiger partial charge is 0.441 e. The topological polar surface area (TPSA) is 91.2 Å². The molecule has 1 fully saturated rings. The fourth-order valence-electron chi connectivity index (χ4n) is 3.21. The van der Waals surface area contributed by atoms with Crippen LogP contribution in [0.4, 0.5) is 0 Å². The summed E-state index contributed by atoms with van der Waals surface area (Å²) in [6.45, 7) is 5.53. The average Bonchev–Trinajstić information content (AvgIpc) is 3.39. The lowest BCUT2D eigenvalue weighted by molar-refractivity contribution is 0.0615. The van der Waals surface area contributed by atoms with E-state index in [4.69, 9.17) is 9.40 Å². The maximum Gasteiger partial charge on any atom is 0.291 e. The van der Waals surface area contributed by atoms with Crippen molar-refractivity contribution in [1.82, 2.24) is 30.0 Å². The zero-order valence-corrected chi connectivity index (χ0v) is 16.7. The van der Waals surface area contributed by atoms with Crippen molar-refractivity contribution < 1.29 is 9.21 Å². The Morgan fingerprint density at radius 3 is 2.61 bits per heavy atom. The standard InChI is InChI=1S/C19H22N6O2S/c1-13-16(22-18(27-13)14-3-5-15(28-2)6-4-14)11-24-7-9-25(10-8-24)19(26)17-20-12-21-23-17/h3-6,12H,7-11H2,1-2H3,(H,20,21,23). The Bertz CT molecular complexity index is 930. The number of amides is 1. The minimum absolute atomic E-state index is 0.106. The molecule has 2 aromatic heterocycles. The Kier molecular flexibility index (Phi) is 5.45. The zero-order valence-electron chi connectivity index (χ0n) is 15.9. The van der Waals surface area contributed by atoms with E-state index < -0.39 is 0 Å². The summed E-state index contributed by atoms with van der Waals surface area (Å²) in [6.07, 6.45) is 3.41. The molecular weight excluding hydrogens is 376 g/mol. The van der Waals surface area contributed by atoms with Crippen LogP contribution in [0.25, 0.3) is 11.5 Å². The molecule has 8 nitrogen and oxygen atoms in total. The molecule has 1 aliphatic rings. The summed E-state index contributed by atoms with van der Waals surface area (Å²) < 4.78 is 5.90. The Balaban J connectivity index is 1.37. The first-order valence-corrected chi connectivity index (χ1v) is 10.3. The number of H-pyrrole nitrogens is 1. The third-order valence-corrected chi connectivity index (χ3v) is 5.62. The van der Waals surface area contributed by atoms with Crippen LogP contribution in [0, 0.1) is 6.92 Å². The summed E-state index contributed by atoms with van der Waals surface area (Å²) in [4.78, 5) is 26.3. The van der Waals surface area contributed by atoms with E-state index in [9.17, 15) is 4.79 Å². The highest BCUT2D eigenvalue weighted by Gasteiger charge is 2.25. The van der Waals surface area contributed by atoms with E-state index in [1.807, 2.05) is 19.1 Å². The highest BCUT2D eigenvalue weighted by molar-refractivity contribution is 7.98. The minimum atomic E-state index is -0.106. The maximum absolute atomic E-state index is 12.3. The summed E-state index contributed by atoms with van der Waals surface area (Å²) in [5.41, 5.74) is 1.92. The van der Waals surface area contributed by atoms with Crippen molar-refractivity contribution in [3.8, 4) is 11.5 Å². The Labute approximate surface area is 167 Å². The van der Waals surface area contributed by atoms with Gasteiger partial charge in [-0.2, -0.15) is 5.10 Å². The van der Waals surface area contributed by atoms with Crippen molar-refractivity contribution in [3.63, 3.8) is 0 Å². The van der Waals surface area contributed by atoms with Crippen LogP contribution < -0.4 is 0 Å². The number of aryl methyl sites for hydroxylation is 1. The molecule has 1 aliphatic heterocycles. The molecule has 1 amide bonds. The van der Waals surface area contributed by atoms with Gasteiger partial charge in [0.15, 0.2) is 0 Å². The monoisotopic (exact) mass is 398 g/mol. The van der Waals surface area contributed by atoms with E-state index in [2.05, 4.69) is 38.5 Å². The number of oxazole rings is 1. The fraction of sp³-hybridized carbons (Fsp3) is 0.368. The van der Waals surface area contributed by atoms with Crippen LogP contribution in [-0.2, 0) is 6.54 Å². The second-order valence-corrected chi connectivity index (χ2v) is 7.53. The highest BCUT2D eigenvalue weighted by Crippen LogP contribution is 2.25. The van der Waals surface area contributed by atoms with Crippen LogP contribution in [0.2, 0.25) is 0 Å². The molecule has 0 aliphatic carbocycles. The Hall–Kier alpha value is -2.65. The van der Waals surface area contributed by atoms with Gasteiger partial charge in [-0.1, -0.05) is 0 Å². The van der Waals surface area contributed by atoms with Crippen molar-refractivity contribution in [2.45, 2.75) is 18.4 Å². The number of benzene rings is 1. The van der Waals surface area contributed by atoms with Gasteiger partial charge < -0.3 is 9.32 Å². The lowest BCUT2D eigenvalue weighted by Crippen LogP contribution is -2.48. The molecule has 146 valence electrons. The number of carbonyl (C=O) groups excluding carboxylic acids is 1. The third kappa shape index (κ3) is 3.95. The molecule has 3 heterocycles. The number of hydrogen-bond donors (Lipinski definition) is 1. The van der Waals surface area contributed by atoms with Gasteiger partial charge in [-0.05, 0) is 37.4 Å². The highest BCUT2D eigenvalue weighted by atomic mass is 32.2. The van der Waals surface area contributed by atoms with E-state index in [1.54, 1.807) is 16.7 Å². The van der Waals surface area contributed by atoms with E-state index in [1.165, 1.54) is 11.2 Å². The Morgan fingerprint density at radius 2 is 1.96 bits per heavy atom. The SMILES string of the molecule is CSc1ccc(-c2nc(CN3CCN(C(=O)c4ncn[nH]4)CC3)c(C)o2)cc1. The van der Waals surface area contributed by atoms with Crippen molar-refractivity contribution in [1.29, 1.82) is 0 Å². The summed E-state index contributed by atoms with van der Waals surface area (Å²) in [7, 11) is 0. The molecule has 0 radical (unpaired) electrons. The number of aromatic nitrogens is 4. The molecule has 3 aromatic rings. The summed E-state index contributed by atoms with van der Waals surface area (Å²) in [6, 6.07) is 8.22. The van der Waals surface area contributed by atoms with Gasteiger partial charge in [0.25, 0.3) is 5.91 Å². The van der Waals surface area contributed by atoms with Gasteiger partial charge in [-0.25, -0.2) is 9.97 Å². The lowest BCUT2D eigenvalue weighted by Gasteiger charge is -2.33. The van der Waals surface area contributed by atoms with Gasteiger partial charge in [0.2, 0.25) is 11.7 Å². The number of nitrogens with zero attached hydrogens (tertiary/aromatic N) is 5. The van der Waals surface area contributed by atoms with Gasteiger partial charge in [0.1, 0.15) is 12.1 Å². The fourth-order valence-corrected chi connectivity index (χ4v) is 3.62. The number of piperazine rings is 1. The normalized spacial score (nSPS) is 15.1. The van der Waals surface area contributed by atoms with Crippen LogP contribution >= 0.6 is 11.8 Å². The summed E-state index contributed by atoms with van der Waals surface area (Å²) in [5.74, 6) is 1.67. The molecule has 0 unspecified atom stereocenters. The lowest BCUT2D eigenvalue weighted by atomic mass is 10.2. The molecule has 0 spiro atoms. The van der Waals surface area contributed by atoms with E-state index in [0.29, 0.717) is 25.5 Å². The zero-order chi connectivity index (χ0) is 19.5. The van der Waals surface area contributed by atoms with Gasteiger partial charge in [-0.3, -0.25) is 14.8 Å². The van der Waals surface area contributed by atoms with Gasteiger partial charge in [0, 0.05) is 43.2 Å². The summed E-state index contributed by atoms with van der Waals surface area (Å²) >= 11 is 1.71. The van der Waals surface area contributed by atoms with Crippen LogP contribution in [-0.4, -0.2) is 68.3 Å². The van der Waals surface area contributed by atoms with Gasteiger partial charge in [-0.15, -0.1) is 11.8 Å². The van der Waals surface area contributed by atoms with Crippen LogP contribution in [0.1, 0.15) is 22.1 Å². The van der Waals surface area contributed by atoms with Crippen LogP contribution in [0.15, 0.2) is 39.9 Å². The number of aromatic amines is 1. The second-order valence-electron chi connectivity index (χ2n) is 6.65. The van der Waals surface area contributed by atoms with Crippen molar-refractivity contribution in [2.24, 2.45) is 0 Å². The molecule has 4 rings (SSSR count). The van der Waals surface area contributed by atoms with Crippen molar-refractivity contribution in [2.75, 3.05) is 32.4 Å².